The summed E-state index contributed by atoms with van der Waals surface area (Å²) < 4.78 is 2.21. The third-order valence-corrected chi connectivity index (χ3v) is 3.10. The van der Waals surface area contributed by atoms with Crippen LogP contribution in [0, 0.1) is 0 Å². The highest BCUT2D eigenvalue weighted by Gasteiger charge is 2.09. The van der Waals surface area contributed by atoms with Crippen molar-refractivity contribution in [1.29, 1.82) is 0 Å². The van der Waals surface area contributed by atoms with E-state index in [2.05, 4.69) is 26.0 Å². The average Bonchev–Trinajstić information content (AvgIpc) is 2.25. The van der Waals surface area contributed by atoms with E-state index in [1.165, 1.54) is 4.68 Å². The maximum Gasteiger partial charge on any atom is 0.298 e. The molecule has 16 heavy (non-hydrogen) atoms. The molecule has 0 bridgehead atoms. The fraction of sp³-hybridized carbons (Fsp3) is 0.100. The van der Waals surface area contributed by atoms with Gasteiger partial charge in [-0.15, -0.1) is 0 Å². The van der Waals surface area contributed by atoms with Crippen molar-refractivity contribution >= 4 is 28.6 Å². The first-order valence-electron chi connectivity index (χ1n) is 4.47. The van der Waals surface area contributed by atoms with Crippen LogP contribution in [0.15, 0.2) is 38.7 Å². The summed E-state index contributed by atoms with van der Waals surface area (Å²) in [7, 11) is 1.66. The Labute approximate surface area is 106 Å². The van der Waals surface area contributed by atoms with Gasteiger partial charge in [0.05, 0.1) is 0 Å². The molecule has 0 N–H and O–H groups in total. The summed E-state index contributed by atoms with van der Waals surface area (Å²) >= 11 is 8.23. The molecule has 4 nitrogen and oxygen atoms in total. The maximum absolute atomic E-state index is 11.7. The molecule has 1 heterocycles. The van der Waals surface area contributed by atoms with Gasteiger partial charge in [0.2, 0.25) is 0 Å². The van der Waals surface area contributed by atoms with Crippen molar-refractivity contribution in [1.82, 2.24) is 14.8 Å². The fourth-order valence-electron chi connectivity index (χ4n) is 1.27. The number of nitrogens with zero attached hydrogens (tertiary/aromatic N) is 3. The highest BCUT2D eigenvalue weighted by atomic mass is 79.9. The predicted molar refractivity (Wildman–Crippen MR) is 66.0 cm³/mol. The Morgan fingerprint density at radius 3 is 2.75 bits per heavy atom. The molecule has 6 heteroatoms. The van der Waals surface area contributed by atoms with E-state index < -0.39 is 5.56 Å². The molecular weight excluding hydrogens is 290 g/mol. The normalized spacial score (nSPS) is 10.4. The first-order valence-corrected chi connectivity index (χ1v) is 5.67. The Bertz CT molecular complexity index is 597. The molecule has 0 spiro atoms. The van der Waals surface area contributed by atoms with Crippen LogP contribution >= 0.6 is 15.9 Å². The number of hydrogen-bond acceptors (Lipinski definition) is 4. The van der Waals surface area contributed by atoms with E-state index in [0.29, 0.717) is 11.3 Å². The molecule has 0 fully saturated rings. The number of rotatable bonds is 1. The topological polar surface area (TPSA) is 47.8 Å². The van der Waals surface area contributed by atoms with E-state index in [-0.39, 0.29) is 5.16 Å². The lowest BCUT2D eigenvalue weighted by molar-refractivity contribution is 0.617. The third kappa shape index (κ3) is 1.98. The second-order valence-corrected chi connectivity index (χ2v) is 4.37. The molecular formula is C10H7BrN3OS-. The molecule has 82 valence electrons. The molecule has 0 saturated heterocycles. The molecule has 0 radical (unpaired) electrons. The van der Waals surface area contributed by atoms with Crippen molar-refractivity contribution in [3.63, 3.8) is 0 Å². The average molecular weight is 297 g/mol. The minimum absolute atomic E-state index is 0.181. The standard InChI is InChI=1S/C10H8BrN3OS/c1-14-10(16)12-9(15)8(13-14)6-4-2-3-5-7(6)11/h2-5H,1H3,(H,12,15,16)/p-1. The Kier molecular flexibility index (Phi) is 3.02. The Morgan fingerprint density at radius 1 is 1.38 bits per heavy atom. The first kappa shape index (κ1) is 11.2. The summed E-state index contributed by atoms with van der Waals surface area (Å²) in [6, 6.07) is 7.35. The zero-order valence-corrected chi connectivity index (χ0v) is 10.7. The minimum atomic E-state index is -0.407. The summed E-state index contributed by atoms with van der Waals surface area (Å²) in [5.41, 5.74) is 0.601. The van der Waals surface area contributed by atoms with Crippen LogP contribution in [0.25, 0.3) is 11.3 Å². The lowest BCUT2D eigenvalue weighted by atomic mass is 10.2. The van der Waals surface area contributed by atoms with E-state index in [9.17, 15) is 4.79 Å². The molecule has 2 aromatic rings. The second kappa shape index (κ2) is 4.31. The van der Waals surface area contributed by atoms with Gasteiger partial charge in [0.25, 0.3) is 5.56 Å². The van der Waals surface area contributed by atoms with Crippen LogP contribution < -0.4 is 5.56 Å². The van der Waals surface area contributed by atoms with Crippen molar-refractivity contribution in [2.75, 3.05) is 0 Å². The lowest BCUT2D eigenvalue weighted by Crippen LogP contribution is -2.19. The number of aromatic nitrogens is 3. The SMILES string of the molecule is Cn1nc(-c2ccccc2Br)c(=O)nc1[S-]. The van der Waals surface area contributed by atoms with Gasteiger partial charge in [-0.05, 0) is 6.07 Å². The molecule has 0 saturated carbocycles. The second-order valence-electron chi connectivity index (χ2n) is 3.15. The smallest absolute Gasteiger partial charge is 0.298 e. The van der Waals surface area contributed by atoms with Crippen molar-refractivity contribution < 1.29 is 0 Å². The van der Waals surface area contributed by atoms with E-state index >= 15 is 0 Å². The van der Waals surface area contributed by atoms with Gasteiger partial charge >= 0.3 is 0 Å². The Hall–Kier alpha value is -1.27. The van der Waals surface area contributed by atoms with Crippen molar-refractivity contribution in [3.8, 4) is 11.3 Å². The summed E-state index contributed by atoms with van der Waals surface area (Å²) in [6.07, 6.45) is 0. The largest absolute Gasteiger partial charge is 0.740 e. The van der Waals surface area contributed by atoms with E-state index in [1.807, 2.05) is 18.2 Å². The maximum atomic E-state index is 11.7. The zero-order valence-electron chi connectivity index (χ0n) is 8.35. The van der Waals surface area contributed by atoms with Crippen molar-refractivity contribution in [2.24, 2.45) is 7.05 Å². The van der Waals surface area contributed by atoms with E-state index in [4.69, 9.17) is 12.6 Å². The Balaban J connectivity index is 2.70. The fourth-order valence-corrected chi connectivity index (χ4v) is 1.87. The van der Waals surface area contributed by atoms with Gasteiger partial charge in [0.1, 0.15) is 0 Å². The van der Waals surface area contributed by atoms with Crippen LogP contribution in [-0.4, -0.2) is 14.8 Å². The summed E-state index contributed by atoms with van der Waals surface area (Å²) in [6.45, 7) is 0. The molecule has 0 amide bonds. The molecule has 2 rings (SSSR count). The van der Waals surface area contributed by atoms with Gasteiger partial charge < -0.3 is 12.6 Å². The minimum Gasteiger partial charge on any atom is -0.740 e. The predicted octanol–water partition coefficient (Wildman–Crippen LogP) is 1.51. The molecule has 0 aliphatic carbocycles. The van der Waals surface area contributed by atoms with Gasteiger partial charge in [-0.25, -0.2) is 4.98 Å². The van der Waals surface area contributed by atoms with Gasteiger partial charge in [-0.3, -0.25) is 9.48 Å². The van der Waals surface area contributed by atoms with Crippen LogP contribution in [-0.2, 0) is 19.7 Å². The van der Waals surface area contributed by atoms with Crippen LogP contribution in [0.1, 0.15) is 0 Å². The zero-order chi connectivity index (χ0) is 11.7. The molecule has 1 aromatic carbocycles. The molecule has 0 aliphatic heterocycles. The quantitative estimate of drug-likeness (QED) is 0.749. The van der Waals surface area contributed by atoms with Crippen LogP contribution in [0.2, 0.25) is 0 Å². The first-order chi connectivity index (χ1) is 7.59. The van der Waals surface area contributed by atoms with E-state index in [1.54, 1.807) is 13.1 Å². The lowest BCUT2D eigenvalue weighted by Gasteiger charge is -2.11. The number of aryl methyl sites for hydroxylation is 1. The van der Waals surface area contributed by atoms with Gasteiger partial charge in [0.15, 0.2) is 5.69 Å². The third-order valence-electron chi connectivity index (χ3n) is 2.06. The Morgan fingerprint density at radius 2 is 2.06 bits per heavy atom. The number of halogens is 1. The molecule has 0 atom stereocenters. The summed E-state index contributed by atoms with van der Waals surface area (Å²) in [5, 5.41) is 4.29. The van der Waals surface area contributed by atoms with Crippen LogP contribution in [0.4, 0.5) is 0 Å². The number of hydrogen-bond donors (Lipinski definition) is 0. The van der Waals surface area contributed by atoms with Crippen LogP contribution in [0.3, 0.4) is 0 Å². The highest BCUT2D eigenvalue weighted by Crippen LogP contribution is 2.23. The molecule has 1 aromatic heterocycles. The van der Waals surface area contributed by atoms with Gasteiger partial charge in [-0.2, -0.15) is 5.10 Å². The van der Waals surface area contributed by atoms with E-state index in [0.717, 1.165) is 4.47 Å². The molecule has 0 unspecified atom stereocenters. The van der Waals surface area contributed by atoms with Crippen molar-refractivity contribution in [2.45, 2.75) is 5.16 Å². The molecule has 0 aliphatic rings. The van der Waals surface area contributed by atoms with Crippen molar-refractivity contribution in [3.05, 3.63) is 39.1 Å². The highest BCUT2D eigenvalue weighted by molar-refractivity contribution is 9.10. The van der Waals surface area contributed by atoms with Crippen LogP contribution in [0.5, 0.6) is 0 Å². The summed E-state index contributed by atoms with van der Waals surface area (Å²) in [5.74, 6) is 0. The van der Waals surface area contributed by atoms with Gasteiger partial charge in [0, 0.05) is 22.2 Å². The summed E-state index contributed by atoms with van der Waals surface area (Å²) in [4.78, 5) is 15.4. The number of benzene rings is 1. The van der Waals surface area contributed by atoms with Gasteiger partial charge in [-0.1, -0.05) is 34.1 Å². The monoisotopic (exact) mass is 296 g/mol.